The van der Waals surface area contributed by atoms with E-state index < -0.39 is 0 Å². The summed E-state index contributed by atoms with van der Waals surface area (Å²) in [5.74, 6) is 0.583. The van der Waals surface area contributed by atoms with Crippen LogP contribution in [0.4, 0.5) is 10.8 Å². The highest BCUT2D eigenvalue weighted by Crippen LogP contribution is 2.42. The molecule has 2 aromatic rings. The van der Waals surface area contributed by atoms with Crippen LogP contribution in [0, 0.1) is 5.41 Å². The average Bonchev–Trinajstić information content (AvgIpc) is 2.76. The van der Waals surface area contributed by atoms with Gasteiger partial charge in [-0.2, -0.15) is 4.37 Å². The Hall–Kier alpha value is -1.62. The normalized spacial score (nSPS) is 16.9. The molecule has 2 heterocycles. The quantitative estimate of drug-likeness (QED) is 0.897. The number of nitrogens with zero attached hydrogens (tertiary/aromatic N) is 2. The maximum Gasteiger partial charge on any atom is 0.147 e. The number of hydrogen-bond acceptors (Lipinski definition) is 5. The van der Waals surface area contributed by atoms with Gasteiger partial charge < -0.3 is 11.1 Å². The highest BCUT2D eigenvalue weighted by molar-refractivity contribution is 7.11. The molecule has 0 spiro atoms. The molecule has 3 N–H and O–H groups in total. The van der Waals surface area contributed by atoms with Crippen molar-refractivity contribution in [1.29, 1.82) is 0 Å². The summed E-state index contributed by atoms with van der Waals surface area (Å²) in [6.45, 7) is 3.32. The summed E-state index contributed by atoms with van der Waals surface area (Å²) >= 11 is 1.43. The van der Waals surface area contributed by atoms with E-state index in [1.165, 1.54) is 30.8 Å². The molecule has 0 amide bonds. The van der Waals surface area contributed by atoms with Crippen LogP contribution >= 0.6 is 11.5 Å². The molecular weight excluding hydrogens is 256 g/mol. The molecule has 0 aromatic carbocycles. The number of aromatic nitrogens is 2. The van der Waals surface area contributed by atoms with Gasteiger partial charge >= 0.3 is 0 Å². The van der Waals surface area contributed by atoms with Crippen LogP contribution in [-0.2, 0) is 0 Å². The van der Waals surface area contributed by atoms with Gasteiger partial charge in [0.25, 0.3) is 0 Å². The molecular formula is C14H18N4S. The molecule has 2 aromatic heterocycles. The molecule has 0 saturated heterocycles. The number of pyridine rings is 1. The van der Waals surface area contributed by atoms with E-state index in [0.29, 0.717) is 11.2 Å². The third-order valence-corrected chi connectivity index (χ3v) is 4.72. The number of nitrogens with two attached hydrogens (primary N) is 1. The Bertz CT molecular complexity index is 560. The molecule has 0 aliphatic heterocycles. The molecule has 4 nitrogen and oxygen atoms in total. The number of hydrogen-bond donors (Lipinski definition) is 2. The van der Waals surface area contributed by atoms with E-state index in [2.05, 4.69) is 21.6 Å². The predicted octanol–water partition coefficient (Wildman–Crippen LogP) is 3.39. The van der Waals surface area contributed by atoms with Crippen molar-refractivity contribution < 1.29 is 0 Å². The Kier molecular flexibility index (Phi) is 3.14. The molecule has 5 heteroatoms. The van der Waals surface area contributed by atoms with Crippen LogP contribution in [0.3, 0.4) is 0 Å². The van der Waals surface area contributed by atoms with E-state index in [1.807, 2.05) is 18.3 Å². The summed E-state index contributed by atoms with van der Waals surface area (Å²) in [7, 11) is 0. The lowest BCUT2D eigenvalue weighted by atomic mass is 9.70. The molecule has 0 unspecified atom stereocenters. The minimum absolute atomic E-state index is 0.435. The monoisotopic (exact) mass is 274 g/mol. The fourth-order valence-corrected chi connectivity index (χ4v) is 3.19. The molecule has 1 fully saturated rings. The second-order valence-corrected chi connectivity index (χ2v) is 6.30. The number of nitrogen functional groups attached to an aromatic ring is 1. The standard InChI is InChI=1S/C14H18N4S/c1-14(5-3-6-14)9-17-13-11(12(15)18-19-13)10-4-2-7-16-8-10/h2,4,7-8,17H,3,5-6,9H2,1H3,(H2,15,18). The van der Waals surface area contributed by atoms with Crippen molar-refractivity contribution in [1.82, 2.24) is 9.36 Å². The minimum Gasteiger partial charge on any atom is -0.382 e. The number of anilines is 2. The molecule has 3 rings (SSSR count). The molecule has 1 aliphatic carbocycles. The summed E-state index contributed by atoms with van der Waals surface area (Å²) in [5.41, 5.74) is 8.44. The Morgan fingerprint density at radius 2 is 2.32 bits per heavy atom. The number of nitrogens with one attached hydrogen (secondary N) is 1. The fraction of sp³-hybridized carbons (Fsp3) is 0.429. The summed E-state index contributed by atoms with van der Waals surface area (Å²) < 4.78 is 4.27. The highest BCUT2D eigenvalue weighted by Gasteiger charge is 2.31. The van der Waals surface area contributed by atoms with Gasteiger partial charge in [-0.25, -0.2) is 0 Å². The summed E-state index contributed by atoms with van der Waals surface area (Å²) in [4.78, 5) is 4.15. The molecule has 0 radical (unpaired) electrons. The molecule has 19 heavy (non-hydrogen) atoms. The van der Waals surface area contributed by atoms with Crippen LogP contribution in [0.5, 0.6) is 0 Å². The van der Waals surface area contributed by atoms with Crippen molar-refractivity contribution >= 4 is 22.4 Å². The first-order valence-electron chi connectivity index (χ1n) is 6.57. The Labute approximate surface area is 117 Å². The second-order valence-electron chi connectivity index (χ2n) is 5.53. The van der Waals surface area contributed by atoms with Gasteiger partial charge in [-0.15, -0.1) is 0 Å². The van der Waals surface area contributed by atoms with E-state index in [9.17, 15) is 0 Å². The Balaban J connectivity index is 1.82. The van der Waals surface area contributed by atoms with Crippen LogP contribution in [0.1, 0.15) is 26.2 Å². The van der Waals surface area contributed by atoms with Crippen molar-refractivity contribution in [3.05, 3.63) is 24.5 Å². The zero-order chi connectivity index (χ0) is 13.3. The van der Waals surface area contributed by atoms with Gasteiger partial charge in [-0.05, 0) is 35.9 Å². The minimum atomic E-state index is 0.435. The first kappa shape index (κ1) is 12.4. The zero-order valence-corrected chi connectivity index (χ0v) is 11.8. The Morgan fingerprint density at radius 1 is 1.47 bits per heavy atom. The van der Waals surface area contributed by atoms with Gasteiger partial charge in [-0.3, -0.25) is 4.98 Å². The maximum atomic E-state index is 5.99. The third-order valence-electron chi connectivity index (χ3n) is 3.91. The fourth-order valence-electron chi connectivity index (χ4n) is 2.46. The van der Waals surface area contributed by atoms with Crippen LogP contribution in [0.2, 0.25) is 0 Å². The van der Waals surface area contributed by atoms with Crippen molar-refractivity contribution in [2.24, 2.45) is 5.41 Å². The smallest absolute Gasteiger partial charge is 0.147 e. The second kappa shape index (κ2) is 4.81. The van der Waals surface area contributed by atoms with Gasteiger partial charge in [0.05, 0.1) is 5.56 Å². The van der Waals surface area contributed by atoms with Gasteiger partial charge in [0.1, 0.15) is 10.8 Å². The van der Waals surface area contributed by atoms with Crippen molar-refractivity contribution in [2.75, 3.05) is 17.6 Å². The largest absolute Gasteiger partial charge is 0.382 e. The zero-order valence-electron chi connectivity index (χ0n) is 11.0. The van der Waals surface area contributed by atoms with Crippen LogP contribution in [-0.4, -0.2) is 15.9 Å². The molecule has 1 aliphatic rings. The SMILES string of the molecule is CC1(CNc2snc(N)c2-c2cccnc2)CCC1. The lowest BCUT2D eigenvalue weighted by Gasteiger charge is -2.38. The molecule has 1 saturated carbocycles. The van der Waals surface area contributed by atoms with Crippen LogP contribution in [0.25, 0.3) is 11.1 Å². The Morgan fingerprint density at radius 3 is 2.95 bits per heavy atom. The lowest BCUT2D eigenvalue weighted by Crippen LogP contribution is -2.33. The molecule has 100 valence electrons. The maximum absolute atomic E-state index is 5.99. The van der Waals surface area contributed by atoms with Gasteiger partial charge in [0, 0.05) is 24.5 Å². The summed E-state index contributed by atoms with van der Waals surface area (Å²) in [6, 6.07) is 3.94. The van der Waals surface area contributed by atoms with Gasteiger partial charge in [-0.1, -0.05) is 19.4 Å². The van der Waals surface area contributed by atoms with Crippen LogP contribution in [0.15, 0.2) is 24.5 Å². The first-order chi connectivity index (χ1) is 9.18. The van der Waals surface area contributed by atoms with E-state index in [0.717, 1.165) is 22.7 Å². The van der Waals surface area contributed by atoms with E-state index in [1.54, 1.807) is 6.20 Å². The van der Waals surface area contributed by atoms with Crippen molar-refractivity contribution in [3.8, 4) is 11.1 Å². The summed E-state index contributed by atoms with van der Waals surface area (Å²) in [6.07, 6.45) is 7.55. The van der Waals surface area contributed by atoms with Crippen molar-refractivity contribution in [3.63, 3.8) is 0 Å². The average molecular weight is 274 g/mol. The molecule has 0 atom stereocenters. The lowest BCUT2D eigenvalue weighted by molar-refractivity contribution is 0.180. The number of rotatable bonds is 4. The van der Waals surface area contributed by atoms with Crippen LogP contribution < -0.4 is 11.1 Å². The third kappa shape index (κ3) is 2.42. The summed E-state index contributed by atoms with van der Waals surface area (Å²) in [5, 5.41) is 4.58. The topological polar surface area (TPSA) is 63.8 Å². The predicted molar refractivity (Wildman–Crippen MR) is 80.2 cm³/mol. The molecule has 0 bridgehead atoms. The highest BCUT2D eigenvalue weighted by atomic mass is 32.1. The van der Waals surface area contributed by atoms with Gasteiger partial charge in [0.15, 0.2) is 0 Å². The van der Waals surface area contributed by atoms with Gasteiger partial charge in [0.2, 0.25) is 0 Å². The van der Waals surface area contributed by atoms with E-state index in [4.69, 9.17) is 5.73 Å². The van der Waals surface area contributed by atoms with Crippen molar-refractivity contribution in [2.45, 2.75) is 26.2 Å². The first-order valence-corrected chi connectivity index (χ1v) is 7.35. The van der Waals surface area contributed by atoms with E-state index in [-0.39, 0.29) is 0 Å². The van der Waals surface area contributed by atoms with E-state index >= 15 is 0 Å².